The molecular formula is C15H12BrN5O. The molecule has 0 spiro atoms. The number of aromatic nitrogens is 2. The third-order valence-electron chi connectivity index (χ3n) is 2.63. The molecule has 22 heavy (non-hydrogen) atoms. The summed E-state index contributed by atoms with van der Waals surface area (Å²) >= 11 is 3.32. The molecule has 0 unspecified atom stereocenters. The molecule has 0 aliphatic carbocycles. The van der Waals surface area contributed by atoms with Crippen molar-refractivity contribution in [2.75, 3.05) is 5.32 Å². The summed E-state index contributed by atoms with van der Waals surface area (Å²) in [6.45, 7) is 0.306. The maximum absolute atomic E-state index is 11.9. The predicted octanol–water partition coefficient (Wildman–Crippen LogP) is 2.37. The third kappa shape index (κ3) is 4.68. The van der Waals surface area contributed by atoms with E-state index in [4.69, 9.17) is 5.26 Å². The third-order valence-corrected chi connectivity index (χ3v) is 3.12. The van der Waals surface area contributed by atoms with E-state index >= 15 is 0 Å². The number of amides is 1. The minimum atomic E-state index is -0.464. The van der Waals surface area contributed by atoms with Crippen molar-refractivity contribution in [3.05, 3.63) is 64.7 Å². The van der Waals surface area contributed by atoms with Crippen LogP contribution in [0.2, 0.25) is 0 Å². The first-order chi connectivity index (χ1) is 10.7. The zero-order chi connectivity index (χ0) is 15.8. The molecule has 1 amide bonds. The molecule has 2 N–H and O–H groups in total. The van der Waals surface area contributed by atoms with E-state index in [1.807, 2.05) is 12.1 Å². The fraction of sp³-hybridized carbons (Fsp3) is 0.0667. The van der Waals surface area contributed by atoms with E-state index in [2.05, 4.69) is 36.5 Å². The van der Waals surface area contributed by atoms with Crippen molar-refractivity contribution >= 4 is 27.7 Å². The number of pyridine rings is 2. The van der Waals surface area contributed by atoms with Crippen molar-refractivity contribution in [3.8, 4) is 6.07 Å². The van der Waals surface area contributed by atoms with Crippen LogP contribution < -0.4 is 10.6 Å². The monoisotopic (exact) mass is 357 g/mol. The van der Waals surface area contributed by atoms with E-state index in [9.17, 15) is 4.79 Å². The topological polar surface area (TPSA) is 90.7 Å². The molecule has 0 saturated heterocycles. The summed E-state index contributed by atoms with van der Waals surface area (Å²) in [5, 5.41) is 14.5. The Kier molecular flexibility index (Phi) is 5.63. The van der Waals surface area contributed by atoms with Gasteiger partial charge in [0.15, 0.2) is 0 Å². The minimum absolute atomic E-state index is 0.0364. The minimum Gasteiger partial charge on any atom is -0.347 e. The maximum atomic E-state index is 11.9. The van der Waals surface area contributed by atoms with Gasteiger partial charge in [-0.1, -0.05) is 22.0 Å². The highest BCUT2D eigenvalue weighted by Crippen LogP contribution is 2.12. The van der Waals surface area contributed by atoms with Crippen LogP contribution in [0.3, 0.4) is 0 Å². The largest absolute Gasteiger partial charge is 0.347 e. The molecule has 0 atom stereocenters. The zero-order valence-corrected chi connectivity index (χ0v) is 13.0. The van der Waals surface area contributed by atoms with Crippen LogP contribution in [0, 0.1) is 11.3 Å². The van der Waals surface area contributed by atoms with Gasteiger partial charge in [-0.05, 0) is 23.8 Å². The Bertz CT molecular complexity index is 724. The van der Waals surface area contributed by atoms with Crippen molar-refractivity contribution in [3.63, 3.8) is 0 Å². The molecule has 110 valence electrons. The molecule has 2 aromatic rings. The van der Waals surface area contributed by atoms with E-state index < -0.39 is 5.91 Å². The van der Waals surface area contributed by atoms with Crippen molar-refractivity contribution in [2.24, 2.45) is 0 Å². The van der Waals surface area contributed by atoms with Crippen molar-refractivity contribution in [2.45, 2.75) is 6.54 Å². The number of hydrogen-bond donors (Lipinski definition) is 2. The lowest BCUT2D eigenvalue weighted by molar-refractivity contribution is -0.117. The molecule has 2 aromatic heterocycles. The van der Waals surface area contributed by atoms with Gasteiger partial charge < -0.3 is 10.6 Å². The van der Waals surface area contributed by atoms with E-state index in [1.165, 1.54) is 6.20 Å². The molecular weight excluding hydrogens is 346 g/mol. The first-order valence-electron chi connectivity index (χ1n) is 6.34. The lowest BCUT2D eigenvalue weighted by Crippen LogP contribution is -2.24. The Hall–Kier alpha value is -2.72. The van der Waals surface area contributed by atoms with Gasteiger partial charge in [-0.15, -0.1) is 0 Å². The van der Waals surface area contributed by atoms with Crippen LogP contribution in [-0.4, -0.2) is 15.9 Å². The van der Waals surface area contributed by atoms with Crippen molar-refractivity contribution in [1.29, 1.82) is 5.26 Å². The molecule has 6 nitrogen and oxygen atoms in total. The lowest BCUT2D eigenvalue weighted by atomic mass is 10.2. The average Bonchev–Trinajstić information content (AvgIpc) is 2.54. The predicted molar refractivity (Wildman–Crippen MR) is 85.3 cm³/mol. The second-order valence-electron chi connectivity index (χ2n) is 4.22. The summed E-state index contributed by atoms with van der Waals surface area (Å²) in [6.07, 6.45) is 6.24. The lowest BCUT2D eigenvalue weighted by Gasteiger charge is -2.05. The number of nitrogens with one attached hydrogen (secondary N) is 2. The SMILES string of the molecule is N#C/C(=C/Nc1cc(Br)ccn1)C(=O)NCc1cccnc1. The van der Waals surface area contributed by atoms with Gasteiger partial charge in [0.25, 0.3) is 5.91 Å². The van der Waals surface area contributed by atoms with Crippen LogP contribution in [0.1, 0.15) is 5.56 Å². The average molecular weight is 358 g/mol. The molecule has 0 aliphatic heterocycles. The fourth-order valence-corrected chi connectivity index (χ4v) is 1.89. The van der Waals surface area contributed by atoms with Gasteiger partial charge in [-0.3, -0.25) is 9.78 Å². The first kappa shape index (κ1) is 15.7. The summed E-state index contributed by atoms with van der Waals surface area (Å²) in [4.78, 5) is 20.0. The summed E-state index contributed by atoms with van der Waals surface area (Å²) in [5.74, 6) is 0.0658. The number of carbonyl (C=O) groups is 1. The van der Waals surface area contributed by atoms with Gasteiger partial charge in [0.05, 0.1) is 0 Å². The smallest absolute Gasteiger partial charge is 0.263 e. The van der Waals surface area contributed by atoms with Crippen molar-refractivity contribution < 1.29 is 4.79 Å². The Morgan fingerprint density at radius 2 is 2.27 bits per heavy atom. The van der Waals surface area contributed by atoms with E-state index in [0.717, 1.165) is 10.0 Å². The second-order valence-corrected chi connectivity index (χ2v) is 5.13. The van der Waals surface area contributed by atoms with Crippen LogP contribution in [0.5, 0.6) is 0 Å². The highest BCUT2D eigenvalue weighted by atomic mass is 79.9. The highest BCUT2D eigenvalue weighted by molar-refractivity contribution is 9.10. The summed E-state index contributed by atoms with van der Waals surface area (Å²) in [5.41, 5.74) is 0.820. The quantitative estimate of drug-likeness (QED) is 0.633. The molecule has 0 fully saturated rings. The van der Waals surface area contributed by atoms with Gasteiger partial charge in [-0.25, -0.2) is 4.98 Å². The number of halogens is 1. The summed E-state index contributed by atoms with van der Waals surface area (Å²) in [7, 11) is 0. The molecule has 0 saturated carbocycles. The Morgan fingerprint density at radius 1 is 1.41 bits per heavy atom. The summed E-state index contributed by atoms with van der Waals surface area (Å²) in [6, 6.07) is 8.99. The van der Waals surface area contributed by atoms with Gasteiger partial charge in [0.2, 0.25) is 0 Å². The van der Waals surface area contributed by atoms with Crippen LogP contribution in [0.25, 0.3) is 0 Å². The van der Waals surface area contributed by atoms with Crippen LogP contribution >= 0.6 is 15.9 Å². The van der Waals surface area contributed by atoms with E-state index in [1.54, 1.807) is 36.8 Å². The molecule has 7 heteroatoms. The van der Waals surface area contributed by atoms with Gasteiger partial charge >= 0.3 is 0 Å². The number of carbonyl (C=O) groups excluding carboxylic acids is 1. The summed E-state index contributed by atoms with van der Waals surface area (Å²) < 4.78 is 0.845. The fourth-order valence-electron chi connectivity index (χ4n) is 1.56. The number of nitriles is 1. The van der Waals surface area contributed by atoms with Crippen molar-refractivity contribution in [1.82, 2.24) is 15.3 Å². The Balaban J connectivity index is 1.97. The molecule has 0 aromatic carbocycles. The molecule has 0 bridgehead atoms. The second kappa shape index (κ2) is 7.90. The first-order valence-corrected chi connectivity index (χ1v) is 7.14. The van der Waals surface area contributed by atoms with Crippen LogP contribution in [0.4, 0.5) is 5.82 Å². The molecule has 0 radical (unpaired) electrons. The van der Waals surface area contributed by atoms with Gasteiger partial charge in [0.1, 0.15) is 17.5 Å². The molecule has 2 rings (SSSR count). The number of hydrogen-bond acceptors (Lipinski definition) is 5. The van der Waals surface area contributed by atoms with Gasteiger partial charge in [0, 0.05) is 35.8 Å². The number of nitrogens with zero attached hydrogens (tertiary/aromatic N) is 3. The van der Waals surface area contributed by atoms with E-state index in [-0.39, 0.29) is 5.57 Å². The standard InChI is InChI=1S/C15H12BrN5O/c16-13-3-5-19-14(6-13)20-10-12(7-17)15(22)21-9-11-2-1-4-18-8-11/h1-6,8,10H,9H2,(H,19,20)(H,21,22)/b12-10-. The van der Waals surface area contributed by atoms with Crippen LogP contribution in [0.15, 0.2) is 59.1 Å². The normalized spacial score (nSPS) is 10.6. The van der Waals surface area contributed by atoms with Crippen LogP contribution in [-0.2, 0) is 11.3 Å². The highest BCUT2D eigenvalue weighted by Gasteiger charge is 2.08. The molecule has 2 heterocycles. The van der Waals surface area contributed by atoms with Gasteiger partial charge in [-0.2, -0.15) is 5.26 Å². The Morgan fingerprint density at radius 3 is 2.95 bits per heavy atom. The maximum Gasteiger partial charge on any atom is 0.263 e. The molecule has 0 aliphatic rings. The Labute approximate surface area is 136 Å². The number of rotatable bonds is 5. The van der Waals surface area contributed by atoms with E-state index in [0.29, 0.717) is 12.4 Å². The zero-order valence-electron chi connectivity index (χ0n) is 11.5. The number of anilines is 1.